The van der Waals surface area contributed by atoms with Gasteiger partial charge in [0.25, 0.3) is 11.8 Å². The third-order valence-corrected chi connectivity index (χ3v) is 14.8. The Morgan fingerprint density at radius 2 is 1.60 bits per heavy atom. The Bertz CT molecular complexity index is 3070. The molecule has 438 valence electrons. The molecule has 0 aromatic heterocycles. The number of imide groups is 1. The highest BCUT2D eigenvalue weighted by Gasteiger charge is 2.50. The second-order valence-corrected chi connectivity index (χ2v) is 20.9. The summed E-state index contributed by atoms with van der Waals surface area (Å²) < 4.78 is 23.0. The molecule has 0 spiro atoms. The molecule has 3 aromatic carbocycles. The number of anilines is 1. The summed E-state index contributed by atoms with van der Waals surface area (Å²) >= 11 is 0. The van der Waals surface area contributed by atoms with Crippen LogP contribution in [0.1, 0.15) is 134 Å². The largest absolute Gasteiger partial charge is 0.507 e. The lowest BCUT2D eigenvalue weighted by Gasteiger charge is -2.42. The number of hydrogen-bond acceptors (Lipinski definition) is 18. The number of aromatic hydroxyl groups is 2. The van der Waals surface area contributed by atoms with Gasteiger partial charge in [0.05, 0.1) is 42.1 Å². The second kappa shape index (κ2) is 26.5. The molecule has 2 aliphatic carbocycles. The summed E-state index contributed by atoms with van der Waals surface area (Å²) in [5.41, 5.74) is 2.18. The number of nitrogens with two attached hydrogens (primary N) is 1. The molecule has 2 heterocycles. The molecule has 0 saturated carbocycles. The smallest absolute Gasteiger partial charge is 0.433 e. The van der Waals surface area contributed by atoms with E-state index in [2.05, 4.69) is 26.3 Å². The number of urea groups is 1. The van der Waals surface area contributed by atoms with E-state index in [1.54, 1.807) is 26.0 Å². The van der Waals surface area contributed by atoms with Crippen LogP contribution in [0.5, 0.6) is 17.2 Å². The number of ether oxygens (including phenoxy) is 4. The normalized spacial score (nSPS) is 21.8. The van der Waals surface area contributed by atoms with Crippen molar-refractivity contribution in [3.63, 3.8) is 0 Å². The Labute approximate surface area is 471 Å². The van der Waals surface area contributed by atoms with Crippen molar-refractivity contribution in [1.29, 1.82) is 0 Å². The zero-order valence-electron chi connectivity index (χ0n) is 45.9. The maximum Gasteiger partial charge on any atom is 0.433 e. The van der Waals surface area contributed by atoms with E-state index in [1.807, 2.05) is 0 Å². The lowest BCUT2D eigenvalue weighted by Crippen LogP contribution is -2.54. The van der Waals surface area contributed by atoms with Crippen molar-refractivity contribution in [2.24, 2.45) is 22.6 Å². The van der Waals surface area contributed by atoms with Gasteiger partial charge >= 0.3 is 12.1 Å². The summed E-state index contributed by atoms with van der Waals surface area (Å²) in [5.74, 6) is -7.44. The number of methoxy groups -OCH3 is 1. The number of amides is 8. The fourth-order valence-electron chi connectivity index (χ4n) is 10.3. The van der Waals surface area contributed by atoms with E-state index in [-0.39, 0.29) is 91.1 Å². The monoisotopic (exact) mass is 1140 g/mol. The third kappa shape index (κ3) is 14.0. The van der Waals surface area contributed by atoms with Crippen molar-refractivity contribution in [2.45, 2.75) is 134 Å². The molecule has 82 heavy (non-hydrogen) atoms. The first-order valence-electron chi connectivity index (χ1n) is 26.8. The van der Waals surface area contributed by atoms with Gasteiger partial charge in [0, 0.05) is 85.4 Å². The number of benzene rings is 3. The van der Waals surface area contributed by atoms with Crippen LogP contribution in [0.15, 0.2) is 59.6 Å². The molecular weight excluding hydrogens is 1070 g/mol. The van der Waals surface area contributed by atoms with Gasteiger partial charge in [-0.05, 0) is 69.2 Å². The minimum Gasteiger partial charge on any atom is -0.507 e. The van der Waals surface area contributed by atoms with Crippen molar-refractivity contribution >= 4 is 70.9 Å². The molecule has 25 heteroatoms. The molecule has 25 nitrogen and oxygen atoms in total. The van der Waals surface area contributed by atoms with Crippen LogP contribution in [-0.2, 0) is 56.0 Å². The molecule has 7 rings (SSSR count). The number of unbranched alkanes of at least 4 members (excludes halogenated alkanes) is 2. The van der Waals surface area contributed by atoms with Gasteiger partial charge in [-0.3, -0.25) is 43.3 Å². The van der Waals surface area contributed by atoms with E-state index < -0.39 is 131 Å². The Balaban J connectivity index is 0.949. The van der Waals surface area contributed by atoms with Crippen LogP contribution in [0.4, 0.5) is 15.3 Å². The van der Waals surface area contributed by atoms with Crippen molar-refractivity contribution in [1.82, 2.24) is 20.9 Å². The summed E-state index contributed by atoms with van der Waals surface area (Å²) in [6.07, 6.45) is -1.68. The number of phenols is 2. The third-order valence-electron chi connectivity index (χ3n) is 14.8. The molecule has 3 aromatic rings. The Morgan fingerprint density at radius 1 is 0.902 bits per heavy atom. The molecule has 1 fully saturated rings. The number of ketones is 3. The maximum absolute atomic E-state index is 14.0. The Kier molecular flexibility index (Phi) is 19.8. The Hall–Kier alpha value is -8.39. The van der Waals surface area contributed by atoms with E-state index >= 15 is 0 Å². The van der Waals surface area contributed by atoms with Crippen LogP contribution >= 0.6 is 0 Å². The highest BCUT2D eigenvalue weighted by molar-refractivity contribution is 6.31. The van der Waals surface area contributed by atoms with Gasteiger partial charge in [0.1, 0.15) is 41.5 Å². The van der Waals surface area contributed by atoms with Crippen LogP contribution in [0.2, 0.25) is 0 Å². The molecule has 1 unspecified atom stereocenters. The van der Waals surface area contributed by atoms with E-state index in [9.17, 15) is 68.4 Å². The van der Waals surface area contributed by atoms with E-state index in [1.165, 1.54) is 56.5 Å². The number of primary amides is 1. The van der Waals surface area contributed by atoms with E-state index in [0.29, 0.717) is 30.5 Å². The number of hydrogen-bond donors (Lipinski definition) is 9. The van der Waals surface area contributed by atoms with Crippen molar-refractivity contribution in [2.75, 3.05) is 25.5 Å². The molecule has 2 aliphatic heterocycles. The molecule has 4 aliphatic rings. The van der Waals surface area contributed by atoms with Crippen LogP contribution in [0, 0.1) is 11.8 Å². The summed E-state index contributed by atoms with van der Waals surface area (Å²) in [6.45, 7) is 6.15. The molecule has 8 atom stereocenters. The summed E-state index contributed by atoms with van der Waals surface area (Å²) in [7, 11) is 1.30. The molecule has 1 saturated heterocycles. The topological polar surface area (TPSA) is 378 Å². The standard InChI is InChI=1S/C57H67N7O18/c1-28(2)47(63-39(66)14-7-6-8-22-64-40(67)19-20-41(64)68)54(75)62-36(12-10-21-59-55(58)76)53(74)61-33-17-15-31(16-18-33)27-80-56(77)60-26-32-23-42(81-29(3)48(32)69)82-38-25-57(78,30(4)65)24-35-44(38)52(73)46-45(50(35)71)49(70)34-11-9-13-37(79-5)43(34)51(46)72/h9,11,13,15-20,26,28-29,32,36,38,42,47-48,69,71,73,78H,6-8,10,12,14,21-25,27H2,1-5H3,(H,61,74)(H,62,75)(H,63,66)(H3,58,59,76)/b60-26+/t29-,32?,36-,38-,42-,47-,48+,57-/m0/s1. The summed E-state index contributed by atoms with van der Waals surface area (Å²) in [5, 5.41) is 56.9. The predicted octanol–water partition coefficient (Wildman–Crippen LogP) is 3.22. The molecule has 8 amide bonds. The zero-order chi connectivity index (χ0) is 59.7. The minimum atomic E-state index is -2.17. The summed E-state index contributed by atoms with van der Waals surface area (Å²) in [6, 6.07) is 7.56. The van der Waals surface area contributed by atoms with Gasteiger partial charge in [-0.15, -0.1) is 0 Å². The Morgan fingerprint density at radius 3 is 2.26 bits per heavy atom. The van der Waals surface area contributed by atoms with Crippen molar-refractivity contribution in [3.8, 4) is 17.2 Å². The van der Waals surface area contributed by atoms with Crippen molar-refractivity contribution < 1.29 is 87.3 Å². The molecule has 10 N–H and O–H groups in total. The van der Waals surface area contributed by atoms with Crippen LogP contribution in [0.25, 0.3) is 0 Å². The van der Waals surface area contributed by atoms with Crippen LogP contribution in [0.3, 0.4) is 0 Å². The number of carbonyl (C=O) groups is 10. The zero-order valence-corrected chi connectivity index (χ0v) is 45.9. The number of nitrogens with one attached hydrogen (secondary N) is 4. The summed E-state index contributed by atoms with van der Waals surface area (Å²) in [4.78, 5) is 134. The number of carbonyl (C=O) groups excluding carboxylic acids is 10. The van der Waals surface area contributed by atoms with Gasteiger partial charge < -0.3 is 66.4 Å². The van der Waals surface area contributed by atoms with Gasteiger partial charge in [0.15, 0.2) is 17.9 Å². The fourth-order valence-corrected chi connectivity index (χ4v) is 10.3. The number of phenolic OH excluding ortho intramolecular Hbond substituents is 2. The SMILES string of the molecule is COc1cccc2c1C(=O)c1c(O)c3c(c(O)c1C2=O)C[C@@](O)(C(C)=O)C[C@@H]3O[C@H]1CC(/C=N/C(=O)OCc2ccc(NC(=O)[C@H](CCCNC(N)=O)NC(=O)[C@@H](NC(=O)CCCCCN3C(=O)C=CC3=O)C(C)C)cc2)[C@H](O)[C@H](C)O1. The van der Waals surface area contributed by atoms with Gasteiger partial charge in [-0.2, -0.15) is 4.99 Å². The molecule has 0 radical (unpaired) electrons. The van der Waals surface area contributed by atoms with Gasteiger partial charge in [0.2, 0.25) is 23.5 Å². The number of rotatable bonds is 23. The number of Topliss-reactive ketones (excluding diaryl/α,β-unsaturated/α-hetero) is 1. The first-order chi connectivity index (χ1) is 38.9. The number of fused-ring (bicyclic) bond motifs is 3. The number of aliphatic hydroxyl groups excluding tert-OH is 1. The van der Waals surface area contributed by atoms with Crippen LogP contribution in [-0.4, -0.2) is 147 Å². The first kappa shape index (κ1) is 61.2. The number of nitrogens with zero attached hydrogens (tertiary/aromatic N) is 2. The predicted molar refractivity (Wildman–Crippen MR) is 289 cm³/mol. The van der Waals surface area contributed by atoms with Crippen LogP contribution < -0.4 is 31.7 Å². The quantitative estimate of drug-likeness (QED) is 0.0223. The number of aliphatic hydroxyl groups is 2. The van der Waals surface area contributed by atoms with Gasteiger partial charge in [-0.1, -0.05) is 44.5 Å². The lowest BCUT2D eigenvalue weighted by atomic mass is 9.72. The molecular formula is C57H67N7O18. The van der Waals surface area contributed by atoms with Gasteiger partial charge in [-0.25, -0.2) is 9.59 Å². The van der Waals surface area contributed by atoms with E-state index in [0.717, 1.165) is 18.0 Å². The second-order valence-electron chi connectivity index (χ2n) is 20.9. The average molecular weight is 1140 g/mol. The number of aliphatic imine (C=N–C) groups is 1. The average Bonchev–Trinajstić information content (AvgIpc) is 1.08. The minimum absolute atomic E-state index is 0.0493. The lowest BCUT2D eigenvalue weighted by molar-refractivity contribution is -0.249. The van der Waals surface area contributed by atoms with Crippen molar-refractivity contribution in [3.05, 3.63) is 93.6 Å². The first-order valence-corrected chi connectivity index (χ1v) is 26.8. The maximum atomic E-state index is 14.0. The highest BCUT2D eigenvalue weighted by Crippen LogP contribution is 2.52. The fraction of sp³-hybridized carbons (Fsp3) is 0.456. The molecule has 0 bridgehead atoms. The highest BCUT2D eigenvalue weighted by atomic mass is 16.7. The van der Waals surface area contributed by atoms with E-state index in [4.69, 9.17) is 24.7 Å².